The summed E-state index contributed by atoms with van der Waals surface area (Å²) in [7, 11) is 0. The predicted octanol–water partition coefficient (Wildman–Crippen LogP) is 2.66. The van der Waals surface area contributed by atoms with Gasteiger partial charge in [0.25, 0.3) is 0 Å². The quantitative estimate of drug-likeness (QED) is 0.722. The number of imidazole rings is 1. The van der Waals surface area contributed by atoms with Gasteiger partial charge in [0, 0.05) is 18.5 Å². The highest BCUT2D eigenvalue weighted by Crippen LogP contribution is 2.26. The van der Waals surface area contributed by atoms with Gasteiger partial charge in [-0.1, -0.05) is 12.1 Å². The predicted molar refractivity (Wildman–Crippen MR) is 95.1 cm³/mol. The number of furan rings is 1. The Kier molecular flexibility index (Phi) is 4.63. The normalized spacial score (nSPS) is 13.8. The summed E-state index contributed by atoms with van der Waals surface area (Å²) in [6.07, 6.45) is 2.06. The zero-order valence-electron chi connectivity index (χ0n) is 14.7. The zero-order chi connectivity index (χ0) is 18.0. The van der Waals surface area contributed by atoms with Gasteiger partial charge in [-0.15, -0.1) is 0 Å². The van der Waals surface area contributed by atoms with E-state index in [9.17, 15) is 9.90 Å². The largest absolute Gasteiger partial charge is 0.466 e. The van der Waals surface area contributed by atoms with Crippen LogP contribution in [-0.2, 0) is 16.9 Å². The first kappa shape index (κ1) is 17.2. The van der Waals surface area contributed by atoms with Crippen LogP contribution >= 0.6 is 0 Å². The van der Waals surface area contributed by atoms with Crippen molar-refractivity contribution in [2.75, 3.05) is 6.54 Å². The third-order valence-electron chi connectivity index (χ3n) is 4.36. The molecule has 132 valence electrons. The van der Waals surface area contributed by atoms with Gasteiger partial charge < -0.3 is 19.4 Å². The molecule has 1 atom stereocenters. The zero-order valence-corrected chi connectivity index (χ0v) is 14.7. The SMILES string of the molecule is Cc1cc([C@@](C)(O)CNC(=O)CCn2cnc3ccccc32)c(C)o1. The second-order valence-corrected chi connectivity index (χ2v) is 6.55. The number of fused-ring (bicyclic) bond motifs is 1. The summed E-state index contributed by atoms with van der Waals surface area (Å²) in [4.78, 5) is 16.5. The van der Waals surface area contributed by atoms with Crippen LogP contribution in [0.25, 0.3) is 11.0 Å². The first-order chi connectivity index (χ1) is 11.9. The number of aryl methyl sites for hydroxylation is 3. The van der Waals surface area contributed by atoms with Gasteiger partial charge in [0.2, 0.25) is 5.91 Å². The van der Waals surface area contributed by atoms with Crippen LogP contribution in [0.5, 0.6) is 0 Å². The van der Waals surface area contributed by atoms with Crippen molar-refractivity contribution < 1.29 is 14.3 Å². The van der Waals surface area contributed by atoms with E-state index in [4.69, 9.17) is 4.42 Å². The maximum atomic E-state index is 12.2. The van der Waals surface area contributed by atoms with E-state index in [-0.39, 0.29) is 12.5 Å². The van der Waals surface area contributed by atoms with Gasteiger partial charge in [0.15, 0.2) is 0 Å². The van der Waals surface area contributed by atoms with Crippen molar-refractivity contribution >= 4 is 16.9 Å². The molecule has 2 aromatic heterocycles. The number of carbonyl (C=O) groups excluding carboxylic acids is 1. The van der Waals surface area contributed by atoms with Crippen LogP contribution in [-0.4, -0.2) is 27.1 Å². The number of amides is 1. The number of nitrogens with one attached hydrogen (secondary N) is 1. The van der Waals surface area contributed by atoms with Gasteiger partial charge in [0.05, 0.1) is 23.9 Å². The van der Waals surface area contributed by atoms with E-state index in [1.54, 1.807) is 19.3 Å². The van der Waals surface area contributed by atoms with Crippen LogP contribution in [0, 0.1) is 13.8 Å². The summed E-state index contributed by atoms with van der Waals surface area (Å²) in [5, 5.41) is 13.4. The van der Waals surface area contributed by atoms with Crippen LogP contribution in [0.15, 0.2) is 41.1 Å². The molecule has 2 N–H and O–H groups in total. The number of hydrogen-bond acceptors (Lipinski definition) is 4. The highest BCUT2D eigenvalue weighted by Gasteiger charge is 2.28. The number of nitrogens with zero attached hydrogens (tertiary/aromatic N) is 2. The number of benzene rings is 1. The Balaban J connectivity index is 1.57. The summed E-state index contributed by atoms with van der Waals surface area (Å²) in [6.45, 7) is 5.99. The van der Waals surface area contributed by atoms with E-state index in [0.29, 0.717) is 24.3 Å². The number of aromatic nitrogens is 2. The Morgan fingerprint density at radius 1 is 1.36 bits per heavy atom. The second kappa shape index (κ2) is 6.72. The van der Waals surface area contributed by atoms with E-state index in [1.165, 1.54) is 0 Å². The van der Waals surface area contributed by atoms with Crippen LogP contribution in [0.3, 0.4) is 0 Å². The molecule has 6 heteroatoms. The summed E-state index contributed by atoms with van der Waals surface area (Å²) in [6, 6.07) is 9.62. The standard InChI is InChI=1S/C19H23N3O3/c1-13-10-15(14(2)25-13)19(3,24)11-20-18(23)8-9-22-12-21-16-6-4-5-7-17(16)22/h4-7,10,12,24H,8-9,11H2,1-3H3,(H,20,23)/t19-/m0/s1. The van der Waals surface area contributed by atoms with Gasteiger partial charge in [-0.3, -0.25) is 4.79 Å². The molecule has 6 nitrogen and oxygen atoms in total. The summed E-state index contributed by atoms with van der Waals surface area (Å²) in [5.74, 6) is 1.30. The molecule has 1 aromatic carbocycles. The van der Waals surface area contributed by atoms with E-state index >= 15 is 0 Å². The molecular weight excluding hydrogens is 318 g/mol. The highest BCUT2D eigenvalue weighted by atomic mass is 16.3. The smallest absolute Gasteiger partial charge is 0.221 e. The number of carbonyl (C=O) groups is 1. The summed E-state index contributed by atoms with van der Waals surface area (Å²) in [5.41, 5.74) is 1.45. The minimum absolute atomic E-state index is 0.115. The van der Waals surface area contributed by atoms with Crippen molar-refractivity contribution in [1.29, 1.82) is 0 Å². The molecule has 25 heavy (non-hydrogen) atoms. The average Bonchev–Trinajstić information content (AvgIpc) is 3.14. The van der Waals surface area contributed by atoms with Crippen molar-refractivity contribution in [3.63, 3.8) is 0 Å². The van der Waals surface area contributed by atoms with Crippen LogP contribution in [0.1, 0.15) is 30.4 Å². The fourth-order valence-corrected chi connectivity index (χ4v) is 3.03. The van der Waals surface area contributed by atoms with E-state index in [1.807, 2.05) is 42.7 Å². The Hall–Kier alpha value is -2.60. The van der Waals surface area contributed by atoms with Gasteiger partial charge in [0.1, 0.15) is 17.1 Å². The molecule has 2 heterocycles. The van der Waals surface area contributed by atoms with E-state index in [0.717, 1.165) is 16.8 Å². The van der Waals surface area contributed by atoms with Crippen LogP contribution in [0.4, 0.5) is 0 Å². The lowest BCUT2D eigenvalue weighted by molar-refractivity contribution is -0.122. The molecule has 3 aromatic rings. The molecule has 0 aliphatic carbocycles. The lowest BCUT2D eigenvalue weighted by Gasteiger charge is -2.23. The van der Waals surface area contributed by atoms with Gasteiger partial charge >= 0.3 is 0 Å². The number of rotatable bonds is 6. The molecule has 0 fully saturated rings. The molecule has 0 aliphatic rings. The topological polar surface area (TPSA) is 80.3 Å². The molecular formula is C19H23N3O3. The second-order valence-electron chi connectivity index (χ2n) is 6.55. The molecule has 0 saturated carbocycles. The Bertz CT molecular complexity index is 892. The monoisotopic (exact) mass is 341 g/mol. The van der Waals surface area contributed by atoms with E-state index in [2.05, 4.69) is 10.3 Å². The number of hydrogen-bond donors (Lipinski definition) is 2. The first-order valence-corrected chi connectivity index (χ1v) is 8.33. The molecule has 0 spiro atoms. The van der Waals surface area contributed by atoms with Crippen molar-refractivity contribution in [2.45, 2.75) is 39.3 Å². The lowest BCUT2D eigenvalue weighted by Crippen LogP contribution is -2.39. The number of aliphatic hydroxyl groups is 1. The van der Waals surface area contributed by atoms with Gasteiger partial charge in [-0.2, -0.15) is 0 Å². The molecule has 1 amide bonds. The van der Waals surface area contributed by atoms with Crippen molar-refractivity contribution in [2.24, 2.45) is 0 Å². The Morgan fingerprint density at radius 3 is 2.84 bits per heavy atom. The maximum Gasteiger partial charge on any atom is 0.221 e. The summed E-state index contributed by atoms with van der Waals surface area (Å²) >= 11 is 0. The fourth-order valence-electron chi connectivity index (χ4n) is 3.03. The fraction of sp³-hybridized carbons (Fsp3) is 0.368. The molecule has 0 saturated heterocycles. The third-order valence-corrected chi connectivity index (χ3v) is 4.36. The van der Waals surface area contributed by atoms with Crippen molar-refractivity contribution in [1.82, 2.24) is 14.9 Å². The first-order valence-electron chi connectivity index (χ1n) is 8.33. The third kappa shape index (κ3) is 3.74. The van der Waals surface area contributed by atoms with Crippen molar-refractivity contribution in [3.05, 3.63) is 53.7 Å². The van der Waals surface area contributed by atoms with Gasteiger partial charge in [-0.25, -0.2) is 4.98 Å². The molecule has 0 radical (unpaired) electrons. The highest BCUT2D eigenvalue weighted by molar-refractivity contribution is 5.77. The molecule has 3 rings (SSSR count). The van der Waals surface area contributed by atoms with E-state index < -0.39 is 5.60 Å². The van der Waals surface area contributed by atoms with Gasteiger partial charge in [-0.05, 0) is 39.0 Å². The minimum Gasteiger partial charge on any atom is -0.466 e. The minimum atomic E-state index is -1.17. The molecule has 0 aliphatic heterocycles. The van der Waals surface area contributed by atoms with Crippen molar-refractivity contribution in [3.8, 4) is 0 Å². The van der Waals surface area contributed by atoms with Crippen LogP contribution < -0.4 is 5.32 Å². The maximum absolute atomic E-state index is 12.2. The summed E-state index contributed by atoms with van der Waals surface area (Å²) < 4.78 is 7.42. The number of para-hydroxylation sites is 2. The average molecular weight is 341 g/mol. The molecule has 0 bridgehead atoms. The Morgan fingerprint density at radius 2 is 2.12 bits per heavy atom. The molecule has 0 unspecified atom stereocenters. The van der Waals surface area contributed by atoms with Crippen LogP contribution in [0.2, 0.25) is 0 Å². The lowest BCUT2D eigenvalue weighted by atomic mass is 9.96. The Labute approximate surface area is 146 Å².